The fourth-order valence-electron chi connectivity index (χ4n) is 14.5. The minimum absolute atomic E-state index is 0.250. The number of hydrogen-bond acceptors (Lipinski definition) is 8. The van der Waals surface area contributed by atoms with Gasteiger partial charge in [-0.15, -0.1) is 0 Å². The Morgan fingerprint density at radius 3 is 1.06 bits per heavy atom. The molecular formula is C58H25N5O8. The van der Waals surface area contributed by atoms with Gasteiger partial charge in [-0.05, 0) is 97.0 Å². The van der Waals surface area contributed by atoms with Gasteiger partial charge in [0, 0.05) is 125 Å². The third-order valence-corrected chi connectivity index (χ3v) is 17.3. The maximum Gasteiger partial charge on any atom is 0.261 e. The lowest BCUT2D eigenvalue weighted by Crippen LogP contribution is -2.31. The van der Waals surface area contributed by atoms with Crippen LogP contribution in [-0.2, 0) is 28.2 Å². The van der Waals surface area contributed by atoms with Gasteiger partial charge >= 0.3 is 0 Å². The number of fused-ring (bicyclic) bond motifs is 5. The Balaban J connectivity index is 1.36. The van der Waals surface area contributed by atoms with Crippen LogP contribution in [0.15, 0.2) is 117 Å². The molecule has 0 N–H and O–H groups in total. The zero-order chi connectivity index (χ0) is 47.8. The molecule has 13 heteroatoms. The van der Waals surface area contributed by atoms with Crippen LogP contribution in [0.5, 0.6) is 0 Å². The van der Waals surface area contributed by atoms with Crippen LogP contribution in [0.2, 0.25) is 0 Å². The topological polar surface area (TPSA) is 161 Å². The molecule has 5 aromatic heterocycles. The Hall–Kier alpha value is -9.62. The molecule has 13 nitrogen and oxygen atoms in total. The Labute approximate surface area is 389 Å². The predicted molar refractivity (Wildman–Crippen MR) is 284 cm³/mol. The number of nitrogens with zero attached hydrogens (tertiary/aromatic N) is 5. The first-order valence-electron chi connectivity index (χ1n) is 23.2. The van der Waals surface area contributed by atoms with Crippen LogP contribution in [0.1, 0.15) is 0 Å². The van der Waals surface area contributed by atoms with Crippen LogP contribution in [0.4, 0.5) is 0 Å². The minimum Gasteiger partial charge on any atom is -0.309 e. The van der Waals surface area contributed by atoms with Gasteiger partial charge in [-0.25, -0.2) is 0 Å². The Morgan fingerprint density at radius 1 is 0.239 bits per heavy atom. The molecule has 18 aromatic rings. The molecule has 330 valence electrons. The molecule has 0 saturated heterocycles. The molecule has 0 aliphatic heterocycles. The monoisotopic (exact) mass is 919 g/mol. The molecule has 18 rings (SSSR count). The van der Waals surface area contributed by atoms with E-state index in [4.69, 9.17) is 0 Å². The summed E-state index contributed by atoms with van der Waals surface area (Å²) in [7, 11) is 5.84. The van der Waals surface area contributed by atoms with Gasteiger partial charge in [0.15, 0.2) is 0 Å². The summed E-state index contributed by atoms with van der Waals surface area (Å²) in [6.07, 6.45) is 0. The van der Waals surface area contributed by atoms with Gasteiger partial charge in [-0.1, -0.05) is 30.3 Å². The molecule has 5 heterocycles. The highest BCUT2D eigenvalue weighted by Crippen LogP contribution is 2.61. The third-order valence-electron chi connectivity index (χ3n) is 17.3. The van der Waals surface area contributed by atoms with Crippen molar-refractivity contribution < 1.29 is 0 Å². The summed E-state index contributed by atoms with van der Waals surface area (Å²) < 4.78 is 6.51. The van der Waals surface area contributed by atoms with Gasteiger partial charge in [0.25, 0.3) is 44.5 Å². The highest BCUT2D eigenvalue weighted by atomic mass is 16.2. The van der Waals surface area contributed by atoms with E-state index in [1.165, 1.54) is 28.2 Å². The molecule has 71 heavy (non-hydrogen) atoms. The summed E-state index contributed by atoms with van der Waals surface area (Å²) in [6.45, 7) is 0. The van der Waals surface area contributed by atoms with Crippen molar-refractivity contribution in [1.29, 1.82) is 0 Å². The van der Waals surface area contributed by atoms with Crippen LogP contribution >= 0.6 is 0 Å². The zero-order valence-electron chi connectivity index (χ0n) is 37.5. The van der Waals surface area contributed by atoms with Crippen LogP contribution in [0, 0.1) is 0 Å². The third kappa shape index (κ3) is 3.34. The van der Waals surface area contributed by atoms with Crippen molar-refractivity contribution in [3.8, 4) is 5.69 Å². The van der Waals surface area contributed by atoms with E-state index in [9.17, 15) is 28.8 Å². The number of para-hydroxylation sites is 1. The molecule has 0 amide bonds. The summed E-state index contributed by atoms with van der Waals surface area (Å²) in [5.74, 6) is 0. The molecule has 0 fully saturated rings. The normalized spacial score (nSPS) is 13.5. The van der Waals surface area contributed by atoms with E-state index in [-0.39, 0.29) is 26.9 Å². The van der Waals surface area contributed by atoms with Crippen molar-refractivity contribution in [1.82, 2.24) is 22.8 Å². The van der Waals surface area contributed by atoms with E-state index < -0.39 is 44.5 Å². The van der Waals surface area contributed by atoms with Gasteiger partial charge in [-0.2, -0.15) is 0 Å². The molecular weight excluding hydrogens is 895 g/mol. The van der Waals surface area contributed by atoms with E-state index in [0.29, 0.717) is 135 Å². The second-order valence-corrected chi connectivity index (χ2v) is 20.0. The first-order chi connectivity index (χ1) is 34.3. The van der Waals surface area contributed by atoms with Crippen LogP contribution in [0.3, 0.4) is 0 Å². The summed E-state index contributed by atoms with van der Waals surface area (Å²) in [6, 6.07) is 24.0. The average Bonchev–Trinajstić information content (AvgIpc) is 3.74. The first-order valence-corrected chi connectivity index (χ1v) is 23.2. The lowest BCUT2D eigenvalue weighted by molar-refractivity contribution is 0.841. The molecule has 13 aromatic carbocycles. The summed E-state index contributed by atoms with van der Waals surface area (Å²) >= 11 is 0. The van der Waals surface area contributed by atoms with E-state index >= 15 is 9.59 Å². The number of aromatic nitrogens is 5. The summed E-state index contributed by atoms with van der Waals surface area (Å²) in [4.78, 5) is 119. The maximum atomic E-state index is 15.6. The molecule has 0 aliphatic rings. The SMILES string of the molecule is Cn1c(=O)c2ccc3c4ccc5c(=O)n(C)c(=O)c6c5c4c4c5c(cc(c1=O)c2c35)c1c2c(=O)n(C)c(=O)c3cc5c7c(c32)c2c3c(cc8c(=O)n(C)c(=O)c9cc(c7c3c89)n5-c3ccccc3)c6c4c12. The minimum atomic E-state index is -0.555. The highest BCUT2D eigenvalue weighted by Gasteiger charge is 2.37. The average molecular weight is 920 g/mol. The van der Waals surface area contributed by atoms with Crippen molar-refractivity contribution in [3.63, 3.8) is 0 Å². The summed E-state index contributed by atoms with van der Waals surface area (Å²) in [5.41, 5.74) is -2.06. The number of pyridine rings is 4. The number of rotatable bonds is 1. The molecule has 0 atom stereocenters. The quantitative estimate of drug-likeness (QED) is 0.121. The molecule has 0 aliphatic carbocycles. The van der Waals surface area contributed by atoms with E-state index in [2.05, 4.69) is 0 Å². The van der Waals surface area contributed by atoms with Crippen molar-refractivity contribution in [2.24, 2.45) is 28.2 Å². The zero-order valence-corrected chi connectivity index (χ0v) is 37.5. The van der Waals surface area contributed by atoms with E-state index in [0.717, 1.165) is 34.7 Å². The first kappa shape index (κ1) is 36.4. The smallest absolute Gasteiger partial charge is 0.261 e. The number of hydrogen-bond donors (Lipinski definition) is 0. The van der Waals surface area contributed by atoms with Crippen LogP contribution in [-0.4, -0.2) is 22.8 Å². The summed E-state index contributed by atoms with van der Waals surface area (Å²) in [5, 5.41) is 15.2. The fraction of sp³-hybridized carbons (Fsp3) is 0.0690. The molecule has 0 unspecified atom stereocenters. The largest absolute Gasteiger partial charge is 0.309 e. The second kappa shape index (κ2) is 10.7. The van der Waals surface area contributed by atoms with Gasteiger partial charge in [0.2, 0.25) is 0 Å². The Kier molecular flexibility index (Phi) is 5.46. The van der Waals surface area contributed by atoms with Gasteiger partial charge in [0.1, 0.15) is 0 Å². The standard InChI is InChI=1S/C58H25N5O8/c1-59-51(64)21-12-10-19-20-11-13-22-35-34(20)44-36-23(14-25(53(59)66)31(21)33(19)36)38-48-46-37-24(39(47(44)48)49(35)57(70)61(3)52(22)65)15-26-32-27(55(68)60(2)54(26)67)16-29-41(43(32)37)42-30(63(29)18-8-6-5-7-9-18)17-28-40(45(42)46)50(38)58(71)62(4)56(28)69/h5-17H,1-4H3. The lowest BCUT2D eigenvalue weighted by Gasteiger charge is -2.28. The van der Waals surface area contributed by atoms with Crippen molar-refractivity contribution >= 4 is 173 Å². The molecule has 0 saturated carbocycles. The number of benzene rings is 13. The van der Waals surface area contributed by atoms with Crippen molar-refractivity contribution in [2.75, 3.05) is 0 Å². The molecule has 0 bridgehead atoms. The van der Waals surface area contributed by atoms with E-state index in [1.54, 1.807) is 24.3 Å². The van der Waals surface area contributed by atoms with Gasteiger partial charge < -0.3 is 4.57 Å². The lowest BCUT2D eigenvalue weighted by atomic mass is 9.73. The van der Waals surface area contributed by atoms with Gasteiger partial charge in [0.05, 0.1) is 32.6 Å². The second-order valence-electron chi connectivity index (χ2n) is 20.0. The van der Waals surface area contributed by atoms with E-state index in [1.807, 2.05) is 59.2 Å². The Morgan fingerprint density at radius 2 is 0.535 bits per heavy atom. The maximum absolute atomic E-state index is 15.6. The van der Waals surface area contributed by atoms with Crippen LogP contribution < -0.4 is 44.5 Å². The highest BCUT2D eigenvalue weighted by molar-refractivity contribution is 6.62. The molecule has 0 spiro atoms. The van der Waals surface area contributed by atoms with Gasteiger partial charge in [-0.3, -0.25) is 56.6 Å². The fourth-order valence-corrected chi connectivity index (χ4v) is 14.5. The van der Waals surface area contributed by atoms with Crippen molar-refractivity contribution in [2.45, 2.75) is 0 Å². The Bertz CT molecular complexity index is 6170. The predicted octanol–water partition coefficient (Wildman–Crippen LogP) is 7.54. The molecule has 0 radical (unpaired) electrons. The van der Waals surface area contributed by atoms with Crippen LogP contribution in [0.25, 0.3) is 178 Å². The van der Waals surface area contributed by atoms with Crippen molar-refractivity contribution in [3.05, 3.63) is 162 Å².